The normalized spacial score (nSPS) is 11.8. The molecule has 0 radical (unpaired) electrons. The van der Waals surface area contributed by atoms with E-state index in [-0.39, 0.29) is 22.7 Å². The molecule has 0 bridgehead atoms. The zero-order chi connectivity index (χ0) is 26.9. The first-order valence-corrected chi connectivity index (χ1v) is 13.6. The van der Waals surface area contributed by atoms with Crippen LogP contribution in [-0.2, 0) is 22.8 Å². The van der Waals surface area contributed by atoms with Crippen molar-refractivity contribution in [1.82, 2.24) is 14.5 Å². The molecule has 3 aromatic carbocycles. The number of benzene rings is 3. The SMILES string of the molecule is CS(=O)(=O)c1cccc(Cc2nc3ccc(-c4ccc(=O)[nH]c4)cc3n2Cc2ccccc2OC(F)F)c1. The van der Waals surface area contributed by atoms with Gasteiger partial charge in [-0.25, -0.2) is 13.4 Å². The molecular weight excluding hydrogens is 512 g/mol. The molecule has 0 aliphatic heterocycles. The highest BCUT2D eigenvalue weighted by molar-refractivity contribution is 7.90. The van der Waals surface area contributed by atoms with Crippen LogP contribution in [0.2, 0.25) is 0 Å². The first-order valence-electron chi connectivity index (χ1n) is 11.7. The van der Waals surface area contributed by atoms with E-state index in [4.69, 9.17) is 9.72 Å². The van der Waals surface area contributed by atoms with Crippen molar-refractivity contribution in [2.24, 2.45) is 0 Å². The van der Waals surface area contributed by atoms with Gasteiger partial charge in [-0.15, -0.1) is 0 Å². The van der Waals surface area contributed by atoms with E-state index in [0.717, 1.165) is 28.5 Å². The van der Waals surface area contributed by atoms with Crippen LogP contribution in [0.1, 0.15) is 17.0 Å². The lowest BCUT2D eigenvalue weighted by molar-refractivity contribution is -0.0504. The molecule has 0 aliphatic rings. The lowest BCUT2D eigenvalue weighted by atomic mass is 10.1. The molecule has 2 heterocycles. The van der Waals surface area contributed by atoms with Crippen molar-refractivity contribution in [3.63, 3.8) is 0 Å². The van der Waals surface area contributed by atoms with Gasteiger partial charge in [0.1, 0.15) is 11.6 Å². The fourth-order valence-corrected chi connectivity index (χ4v) is 5.03. The Hall–Kier alpha value is -4.31. The highest BCUT2D eigenvalue weighted by Crippen LogP contribution is 2.29. The van der Waals surface area contributed by atoms with Crippen molar-refractivity contribution >= 4 is 20.9 Å². The van der Waals surface area contributed by atoms with Crippen molar-refractivity contribution < 1.29 is 21.9 Å². The maximum Gasteiger partial charge on any atom is 0.387 e. The van der Waals surface area contributed by atoms with Gasteiger partial charge in [-0.1, -0.05) is 36.4 Å². The maximum atomic E-state index is 13.1. The van der Waals surface area contributed by atoms with Gasteiger partial charge in [-0.3, -0.25) is 4.79 Å². The van der Waals surface area contributed by atoms with Gasteiger partial charge in [0.25, 0.3) is 0 Å². The Morgan fingerprint density at radius 2 is 1.76 bits per heavy atom. The van der Waals surface area contributed by atoms with E-state index < -0.39 is 16.4 Å². The number of alkyl halides is 2. The van der Waals surface area contributed by atoms with Gasteiger partial charge in [0.2, 0.25) is 5.56 Å². The number of H-pyrrole nitrogens is 1. The number of aromatic amines is 1. The van der Waals surface area contributed by atoms with Gasteiger partial charge in [0.15, 0.2) is 9.84 Å². The predicted octanol–water partition coefficient (Wildman–Crippen LogP) is 5.04. The standard InChI is InChI=1S/C28H23F2N3O4S/c1-38(35,36)22-7-4-5-18(13-22)14-26-32-23-11-9-19(20-10-12-27(34)31-16-20)15-24(23)33(26)17-21-6-2-3-8-25(21)37-28(29)30/h2-13,15-16,28H,14,17H2,1H3,(H,31,34). The monoisotopic (exact) mass is 535 g/mol. The zero-order valence-corrected chi connectivity index (χ0v) is 21.1. The number of nitrogens with one attached hydrogen (secondary N) is 1. The van der Waals surface area contributed by atoms with Gasteiger partial charge in [0.05, 0.1) is 22.5 Å². The van der Waals surface area contributed by atoms with Gasteiger partial charge in [-0.2, -0.15) is 8.78 Å². The van der Waals surface area contributed by atoms with E-state index >= 15 is 0 Å². The minimum absolute atomic E-state index is 0.0613. The number of para-hydroxylation sites is 1. The number of imidazole rings is 1. The summed E-state index contributed by atoms with van der Waals surface area (Å²) in [5, 5.41) is 0. The predicted molar refractivity (Wildman–Crippen MR) is 140 cm³/mol. The Morgan fingerprint density at radius 1 is 0.974 bits per heavy atom. The Labute approximate surface area is 217 Å². The summed E-state index contributed by atoms with van der Waals surface area (Å²) >= 11 is 0. The van der Waals surface area contributed by atoms with Crippen LogP contribution in [0, 0.1) is 0 Å². The van der Waals surface area contributed by atoms with E-state index in [1.807, 2.05) is 28.8 Å². The number of sulfone groups is 1. The number of nitrogens with zero attached hydrogens (tertiary/aromatic N) is 2. The van der Waals surface area contributed by atoms with Crippen LogP contribution in [0.4, 0.5) is 8.78 Å². The number of fused-ring (bicyclic) bond motifs is 1. The molecule has 0 atom stereocenters. The third-order valence-electron chi connectivity index (χ3n) is 6.15. The molecule has 194 valence electrons. The summed E-state index contributed by atoms with van der Waals surface area (Å²) in [6.07, 6.45) is 3.08. The number of rotatable bonds is 8. The second kappa shape index (κ2) is 10.2. The lowest BCUT2D eigenvalue weighted by Gasteiger charge is -2.14. The van der Waals surface area contributed by atoms with E-state index in [1.165, 1.54) is 18.2 Å². The summed E-state index contributed by atoms with van der Waals surface area (Å²) in [7, 11) is -3.40. The molecule has 0 unspecified atom stereocenters. The zero-order valence-electron chi connectivity index (χ0n) is 20.3. The van der Waals surface area contributed by atoms with Crippen molar-refractivity contribution in [1.29, 1.82) is 0 Å². The number of hydrogen-bond acceptors (Lipinski definition) is 5. The first-order chi connectivity index (χ1) is 18.2. The second-order valence-corrected chi connectivity index (χ2v) is 10.9. The number of pyridine rings is 1. The van der Waals surface area contributed by atoms with Crippen LogP contribution in [0.25, 0.3) is 22.2 Å². The van der Waals surface area contributed by atoms with E-state index in [9.17, 15) is 22.0 Å². The highest BCUT2D eigenvalue weighted by Gasteiger charge is 2.17. The summed E-state index contributed by atoms with van der Waals surface area (Å²) in [6, 6.07) is 22.0. The molecule has 1 N–H and O–H groups in total. The molecule has 0 amide bonds. The minimum atomic E-state index is -3.40. The van der Waals surface area contributed by atoms with Crippen LogP contribution in [0.15, 0.2) is 94.7 Å². The molecule has 7 nitrogen and oxygen atoms in total. The molecular formula is C28H23F2N3O4S. The van der Waals surface area contributed by atoms with E-state index in [1.54, 1.807) is 42.6 Å². The van der Waals surface area contributed by atoms with Crippen LogP contribution < -0.4 is 10.3 Å². The van der Waals surface area contributed by atoms with Gasteiger partial charge in [0, 0.05) is 30.5 Å². The van der Waals surface area contributed by atoms with Crippen molar-refractivity contribution in [3.8, 4) is 16.9 Å². The summed E-state index contributed by atoms with van der Waals surface area (Å²) in [5.41, 5.74) is 4.11. The number of aromatic nitrogens is 3. The largest absolute Gasteiger partial charge is 0.434 e. The Kier molecular flexibility index (Phi) is 6.81. The fraction of sp³-hybridized carbons (Fsp3) is 0.143. The highest BCUT2D eigenvalue weighted by atomic mass is 32.2. The Bertz CT molecular complexity index is 1780. The smallest absolute Gasteiger partial charge is 0.387 e. The maximum absolute atomic E-state index is 13.1. The lowest BCUT2D eigenvalue weighted by Crippen LogP contribution is -2.10. The average molecular weight is 536 g/mol. The summed E-state index contributed by atoms with van der Waals surface area (Å²) < 4.78 is 57.0. The summed E-state index contributed by atoms with van der Waals surface area (Å²) in [6.45, 7) is -2.78. The molecule has 5 rings (SSSR count). The van der Waals surface area contributed by atoms with Crippen LogP contribution in [0.3, 0.4) is 0 Å². The average Bonchev–Trinajstić information content (AvgIpc) is 3.21. The molecule has 10 heteroatoms. The second-order valence-electron chi connectivity index (χ2n) is 8.84. The molecule has 0 saturated carbocycles. The van der Waals surface area contributed by atoms with Crippen molar-refractivity contribution in [2.75, 3.05) is 6.26 Å². The summed E-state index contributed by atoms with van der Waals surface area (Å²) in [5.74, 6) is 0.683. The van der Waals surface area contributed by atoms with Crippen LogP contribution in [-0.4, -0.2) is 35.8 Å². The molecule has 0 fully saturated rings. The van der Waals surface area contributed by atoms with Crippen molar-refractivity contribution in [2.45, 2.75) is 24.5 Å². The molecule has 0 saturated heterocycles. The Balaban J connectivity index is 1.64. The Morgan fingerprint density at radius 3 is 2.50 bits per heavy atom. The fourth-order valence-electron chi connectivity index (χ4n) is 4.34. The third kappa shape index (κ3) is 5.50. The summed E-state index contributed by atoms with van der Waals surface area (Å²) in [4.78, 5) is 19.2. The van der Waals surface area contributed by atoms with Gasteiger partial charge >= 0.3 is 6.61 Å². The van der Waals surface area contributed by atoms with E-state index in [2.05, 4.69) is 4.98 Å². The van der Waals surface area contributed by atoms with Crippen molar-refractivity contribution in [3.05, 3.63) is 112 Å². The van der Waals surface area contributed by atoms with E-state index in [0.29, 0.717) is 23.3 Å². The van der Waals surface area contributed by atoms with Gasteiger partial charge in [-0.05, 0) is 53.1 Å². The van der Waals surface area contributed by atoms with Gasteiger partial charge < -0.3 is 14.3 Å². The third-order valence-corrected chi connectivity index (χ3v) is 7.26. The first kappa shape index (κ1) is 25.3. The number of hydrogen-bond donors (Lipinski definition) is 1. The molecule has 5 aromatic rings. The topological polar surface area (TPSA) is 94.0 Å². The molecule has 38 heavy (non-hydrogen) atoms. The molecule has 0 spiro atoms. The molecule has 2 aromatic heterocycles. The number of halogens is 2. The minimum Gasteiger partial charge on any atom is -0.434 e. The number of ether oxygens (including phenoxy) is 1. The van der Waals surface area contributed by atoms with Crippen LogP contribution in [0.5, 0.6) is 5.75 Å². The quantitative estimate of drug-likeness (QED) is 0.301. The van der Waals surface area contributed by atoms with Crippen LogP contribution >= 0.6 is 0 Å². The molecule has 0 aliphatic carbocycles.